The standard InChI is InChI=1S/C12H16N4O/c1-3-10(2)16-5-4-12(14-16)8-15-7-11(9-17)6-13-15/h4-7,9-10H,3,8H2,1-2H3. The van der Waals surface area contributed by atoms with Crippen LogP contribution in [0.25, 0.3) is 0 Å². The molecule has 2 aromatic rings. The summed E-state index contributed by atoms with van der Waals surface area (Å²) in [6.45, 7) is 4.86. The predicted octanol–water partition coefficient (Wildman–Crippen LogP) is 1.91. The summed E-state index contributed by atoms with van der Waals surface area (Å²) in [5, 5.41) is 8.57. The van der Waals surface area contributed by atoms with Crippen molar-refractivity contribution in [1.82, 2.24) is 19.6 Å². The van der Waals surface area contributed by atoms with Crippen LogP contribution in [0.5, 0.6) is 0 Å². The molecule has 0 amide bonds. The maximum atomic E-state index is 10.5. The van der Waals surface area contributed by atoms with Gasteiger partial charge < -0.3 is 0 Å². The number of hydrogen-bond acceptors (Lipinski definition) is 3. The lowest BCUT2D eigenvalue weighted by Crippen LogP contribution is -2.06. The number of aromatic nitrogens is 4. The summed E-state index contributed by atoms with van der Waals surface area (Å²) in [4.78, 5) is 10.5. The second kappa shape index (κ2) is 4.95. The Morgan fingerprint density at radius 2 is 2.35 bits per heavy atom. The molecule has 0 saturated carbocycles. The largest absolute Gasteiger partial charge is 0.298 e. The first-order chi connectivity index (χ1) is 8.22. The molecule has 0 aliphatic carbocycles. The molecular weight excluding hydrogens is 216 g/mol. The second-order valence-electron chi connectivity index (χ2n) is 4.13. The van der Waals surface area contributed by atoms with Gasteiger partial charge in [-0.05, 0) is 19.4 Å². The van der Waals surface area contributed by atoms with E-state index < -0.39 is 0 Å². The highest BCUT2D eigenvalue weighted by molar-refractivity contribution is 5.73. The fourth-order valence-corrected chi connectivity index (χ4v) is 1.59. The van der Waals surface area contributed by atoms with E-state index in [2.05, 4.69) is 24.0 Å². The fraction of sp³-hybridized carbons (Fsp3) is 0.417. The molecule has 0 fully saturated rings. The van der Waals surface area contributed by atoms with Gasteiger partial charge in [-0.15, -0.1) is 0 Å². The number of aldehydes is 1. The molecule has 2 rings (SSSR count). The average Bonchev–Trinajstić information content (AvgIpc) is 2.97. The summed E-state index contributed by atoms with van der Waals surface area (Å²) in [6.07, 6.45) is 7.10. The van der Waals surface area contributed by atoms with Gasteiger partial charge in [-0.1, -0.05) is 6.92 Å². The molecule has 0 bridgehead atoms. The van der Waals surface area contributed by atoms with Crippen LogP contribution in [0.1, 0.15) is 42.4 Å². The normalized spacial score (nSPS) is 12.6. The van der Waals surface area contributed by atoms with Crippen molar-refractivity contribution in [3.05, 3.63) is 35.9 Å². The molecule has 0 aromatic carbocycles. The Kier molecular flexibility index (Phi) is 3.37. The van der Waals surface area contributed by atoms with E-state index in [0.717, 1.165) is 18.4 Å². The topological polar surface area (TPSA) is 52.7 Å². The van der Waals surface area contributed by atoms with Gasteiger partial charge in [0.2, 0.25) is 0 Å². The highest BCUT2D eigenvalue weighted by Crippen LogP contribution is 2.09. The minimum atomic E-state index is 0.409. The first-order valence-corrected chi connectivity index (χ1v) is 5.74. The van der Waals surface area contributed by atoms with Crippen LogP contribution in [0.15, 0.2) is 24.7 Å². The highest BCUT2D eigenvalue weighted by atomic mass is 16.1. The van der Waals surface area contributed by atoms with E-state index in [1.807, 2.05) is 16.9 Å². The Hall–Kier alpha value is -1.91. The Morgan fingerprint density at radius 1 is 1.53 bits per heavy atom. The first-order valence-electron chi connectivity index (χ1n) is 5.74. The Balaban J connectivity index is 2.08. The zero-order valence-electron chi connectivity index (χ0n) is 10.1. The van der Waals surface area contributed by atoms with Crippen LogP contribution >= 0.6 is 0 Å². The van der Waals surface area contributed by atoms with E-state index in [1.165, 1.54) is 0 Å². The first kappa shape index (κ1) is 11.6. The highest BCUT2D eigenvalue weighted by Gasteiger charge is 2.05. The molecular formula is C12H16N4O. The van der Waals surface area contributed by atoms with Crippen LogP contribution in [0.4, 0.5) is 0 Å². The molecule has 2 aromatic heterocycles. The molecule has 0 spiro atoms. The number of rotatable bonds is 5. The number of carbonyl (C=O) groups excluding carboxylic acids is 1. The molecule has 17 heavy (non-hydrogen) atoms. The molecule has 0 aliphatic rings. The van der Waals surface area contributed by atoms with Gasteiger partial charge >= 0.3 is 0 Å². The number of carbonyl (C=O) groups is 1. The van der Waals surface area contributed by atoms with Gasteiger partial charge in [-0.2, -0.15) is 10.2 Å². The van der Waals surface area contributed by atoms with Crippen molar-refractivity contribution in [3.63, 3.8) is 0 Å². The van der Waals surface area contributed by atoms with Crippen LogP contribution < -0.4 is 0 Å². The lowest BCUT2D eigenvalue weighted by molar-refractivity contribution is 0.112. The van der Waals surface area contributed by atoms with Gasteiger partial charge in [0.05, 0.1) is 24.0 Å². The summed E-state index contributed by atoms with van der Waals surface area (Å²) in [7, 11) is 0. The van der Waals surface area contributed by atoms with Gasteiger partial charge in [0.25, 0.3) is 0 Å². The molecule has 0 saturated heterocycles. The van der Waals surface area contributed by atoms with E-state index in [0.29, 0.717) is 18.2 Å². The van der Waals surface area contributed by atoms with Crippen molar-refractivity contribution in [1.29, 1.82) is 0 Å². The molecule has 0 aliphatic heterocycles. The van der Waals surface area contributed by atoms with E-state index in [1.54, 1.807) is 17.1 Å². The van der Waals surface area contributed by atoms with Gasteiger partial charge in [-0.3, -0.25) is 14.2 Å². The zero-order valence-corrected chi connectivity index (χ0v) is 10.1. The molecule has 90 valence electrons. The fourth-order valence-electron chi connectivity index (χ4n) is 1.59. The van der Waals surface area contributed by atoms with Crippen LogP contribution in [0.2, 0.25) is 0 Å². The number of nitrogens with zero attached hydrogens (tertiary/aromatic N) is 4. The Labute approximate surface area is 100 Å². The van der Waals surface area contributed by atoms with Crippen LogP contribution in [-0.2, 0) is 6.54 Å². The molecule has 0 N–H and O–H groups in total. The Morgan fingerprint density at radius 3 is 3.00 bits per heavy atom. The van der Waals surface area contributed by atoms with Crippen LogP contribution in [-0.4, -0.2) is 25.8 Å². The number of hydrogen-bond donors (Lipinski definition) is 0. The van der Waals surface area contributed by atoms with Crippen molar-refractivity contribution in [2.24, 2.45) is 0 Å². The van der Waals surface area contributed by atoms with Gasteiger partial charge in [0.15, 0.2) is 6.29 Å². The minimum absolute atomic E-state index is 0.409. The van der Waals surface area contributed by atoms with Crippen LogP contribution in [0, 0.1) is 0 Å². The molecule has 5 heteroatoms. The van der Waals surface area contributed by atoms with Gasteiger partial charge in [0, 0.05) is 18.4 Å². The second-order valence-corrected chi connectivity index (χ2v) is 4.13. The predicted molar refractivity (Wildman–Crippen MR) is 63.9 cm³/mol. The van der Waals surface area contributed by atoms with E-state index >= 15 is 0 Å². The SMILES string of the molecule is CCC(C)n1ccc(Cn2cc(C=O)cn2)n1. The van der Waals surface area contributed by atoms with E-state index in [-0.39, 0.29) is 0 Å². The lowest BCUT2D eigenvalue weighted by Gasteiger charge is -2.08. The summed E-state index contributed by atoms with van der Waals surface area (Å²) in [5.74, 6) is 0. The molecule has 1 unspecified atom stereocenters. The zero-order chi connectivity index (χ0) is 12.3. The maximum absolute atomic E-state index is 10.5. The summed E-state index contributed by atoms with van der Waals surface area (Å²) in [5.41, 5.74) is 1.54. The molecule has 0 radical (unpaired) electrons. The van der Waals surface area contributed by atoms with Crippen LogP contribution in [0.3, 0.4) is 0 Å². The summed E-state index contributed by atoms with van der Waals surface area (Å²) >= 11 is 0. The third-order valence-corrected chi connectivity index (χ3v) is 2.82. The van der Waals surface area contributed by atoms with Crippen molar-refractivity contribution >= 4 is 6.29 Å². The van der Waals surface area contributed by atoms with E-state index in [4.69, 9.17) is 0 Å². The average molecular weight is 232 g/mol. The monoisotopic (exact) mass is 232 g/mol. The van der Waals surface area contributed by atoms with Crippen molar-refractivity contribution < 1.29 is 4.79 Å². The lowest BCUT2D eigenvalue weighted by atomic mass is 10.3. The summed E-state index contributed by atoms with van der Waals surface area (Å²) < 4.78 is 3.67. The van der Waals surface area contributed by atoms with Crippen molar-refractivity contribution in [2.45, 2.75) is 32.9 Å². The van der Waals surface area contributed by atoms with Crippen molar-refractivity contribution in [3.8, 4) is 0 Å². The third kappa shape index (κ3) is 2.61. The third-order valence-electron chi connectivity index (χ3n) is 2.82. The van der Waals surface area contributed by atoms with Gasteiger partial charge in [0.1, 0.15) is 0 Å². The minimum Gasteiger partial charge on any atom is -0.298 e. The summed E-state index contributed by atoms with van der Waals surface area (Å²) in [6, 6.07) is 2.39. The maximum Gasteiger partial charge on any atom is 0.153 e. The smallest absolute Gasteiger partial charge is 0.153 e. The molecule has 5 nitrogen and oxygen atoms in total. The quantitative estimate of drug-likeness (QED) is 0.740. The van der Waals surface area contributed by atoms with E-state index in [9.17, 15) is 4.79 Å². The van der Waals surface area contributed by atoms with Crippen molar-refractivity contribution in [2.75, 3.05) is 0 Å². The molecule has 2 heterocycles. The molecule has 1 atom stereocenters. The Bertz CT molecular complexity index is 500. The van der Waals surface area contributed by atoms with Gasteiger partial charge in [-0.25, -0.2) is 0 Å².